The van der Waals surface area contributed by atoms with Crippen LogP contribution in [0.3, 0.4) is 0 Å². The van der Waals surface area contributed by atoms with E-state index in [9.17, 15) is 13.2 Å². The van der Waals surface area contributed by atoms with Gasteiger partial charge in [0.1, 0.15) is 16.0 Å². The molecule has 0 bridgehead atoms. The van der Waals surface area contributed by atoms with Gasteiger partial charge in [-0.3, -0.25) is 0 Å². The molecule has 0 atom stereocenters. The Bertz CT molecular complexity index is 479. The second-order valence-electron chi connectivity index (χ2n) is 2.49. The van der Waals surface area contributed by atoms with Crippen molar-refractivity contribution in [1.29, 1.82) is 0 Å². The Kier molecular flexibility index (Phi) is 2.11. The molecular formula is C7H2ClF3N2S. The molecule has 0 spiro atoms. The standard InChI is InChI=1S/C7H2ClF3N2S/c8-6-12-3-1-2-4(7(9,10)11)13-5(3)14-6/h1-2H. The van der Waals surface area contributed by atoms with Crippen LogP contribution in [0, 0.1) is 0 Å². The van der Waals surface area contributed by atoms with Gasteiger partial charge >= 0.3 is 6.18 Å². The van der Waals surface area contributed by atoms with Crippen LogP contribution in [0.1, 0.15) is 5.69 Å². The van der Waals surface area contributed by atoms with Gasteiger partial charge in [0, 0.05) is 0 Å². The topological polar surface area (TPSA) is 25.8 Å². The molecule has 0 saturated carbocycles. The third-order valence-corrected chi connectivity index (χ3v) is 2.59. The number of alkyl halides is 3. The first kappa shape index (κ1) is 9.67. The Morgan fingerprint density at radius 1 is 1.21 bits per heavy atom. The molecule has 74 valence electrons. The van der Waals surface area contributed by atoms with Gasteiger partial charge in [0.2, 0.25) is 0 Å². The molecule has 0 aliphatic carbocycles. The summed E-state index contributed by atoms with van der Waals surface area (Å²) in [6.45, 7) is 0. The van der Waals surface area contributed by atoms with Gasteiger partial charge in [-0.05, 0) is 12.1 Å². The van der Waals surface area contributed by atoms with Crippen LogP contribution in [0.4, 0.5) is 13.2 Å². The minimum Gasteiger partial charge on any atom is -0.231 e. The molecular weight excluding hydrogens is 237 g/mol. The van der Waals surface area contributed by atoms with Crippen LogP contribution in [0.15, 0.2) is 12.1 Å². The van der Waals surface area contributed by atoms with E-state index >= 15 is 0 Å². The van der Waals surface area contributed by atoms with E-state index in [1.807, 2.05) is 0 Å². The molecule has 2 rings (SSSR count). The molecule has 0 N–H and O–H groups in total. The average molecular weight is 239 g/mol. The highest BCUT2D eigenvalue weighted by molar-refractivity contribution is 7.21. The number of nitrogens with zero attached hydrogens (tertiary/aromatic N) is 2. The maximum absolute atomic E-state index is 12.2. The summed E-state index contributed by atoms with van der Waals surface area (Å²) in [5, 5.41) is 0. The molecule has 0 unspecified atom stereocenters. The first-order valence-corrected chi connectivity index (χ1v) is 4.66. The summed E-state index contributed by atoms with van der Waals surface area (Å²) < 4.78 is 36.8. The van der Waals surface area contributed by atoms with Crippen molar-refractivity contribution in [3.05, 3.63) is 22.3 Å². The van der Waals surface area contributed by atoms with Gasteiger partial charge in [0.05, 0.1) is 0 Å². The highest BCUT2D eigenvalue weighted by Crippen LogP contribution is 2.31. The predicted octanol–water partition coefficient (Wildman–Crippen LogP) is 3.36. The predicted molar refractivity (Wildman–Crippen MR) is 47.4 cm³/mol. The van der Waals surface area contributed by atoms with E-state index in [0.717, 1.165) is 17.4 Å². The zero-order valence-corrected chi connectivity index (χ0v) is 8.04. The molecule has 2 nitrogen and oxygen atoms in total. The summed E-state index contributed by atoms with van der Waals surface area (Å²) in [5.74, 6) is 0. The van der Waals surface area contributed by atoms with Crippen LogP contribution < -0.4 is 0 Å². The molecule has 7 heteroatoms. The fourth-order valence-electron chi connectivity index (χ4n) is 0.948. The van der Waals surface area contributed by atoms with Crippen molar-refractivity contribution in [1.82, 2.24) is 9.97 Å². The van der Waals surface area contributed by atoms with E-state index in [-0.39, 0.29) is 9.30 Å². The van der Waals surface area contributed by atoms with Gasteiger partial charge in [0.25, 0.3) is 0 Å². The summed E-state index contributed by atoms with van der Waals surface area (Å²) >= 11 is 6.46. The average Bonchev–Trinajstić information content (AvgIpc) is 2.41. The van der Waals surface area contributed by atoms with Crippen molar-refractivity contribution < 1.29 is 13.2 Å². The van der Waals surface area contributed by atoms with Crippen LogP contribution >= 0.6 is 22.9 Å². The van der Waals surface area contributed by atoms with Crippen molar-refractivity contribution in [2.24, 2.45) is 0 Å². The molecule has 0 fully saturated rings. The minimum absolute atomic E-state index is 0.187. The molecule has 0 aliphatic rings. The zero-order chi connectivity index (χ0) is 10.3. The van der Waals surface area contributed by atoms with Gasteiger partial charge in [-0.15, -0.1) is 0 Å². The van der Waals surface area contributed by atoms with Gasteiger partial charge in [-0.2, -0.15) is 13.2 Å². The number of hydrogen-bond acceptors (Lipinski definition) is 3. The number of fused-ring (bicyclic) bond motifs is 1. The molecule has 0 aliphatic heterocycles. The summed E-state index contributed by atoms with van der Waals surface area (Å²) in [7, 11) is 0. The Morgan fingerprint density at radius 3 is 2.57 bits per heavy atom. The van der Waals surface area contributed by atoms with Gasteiger partial charge in [-0.1, -0.05) is 22.9 Å². The van der Waals surface area contributed by atoms with E-state index in [1.165, 1.54) is 6.07 Å². The first-order valence-electron chi connectivity index (χ1n) is 3.47. The van der Waals surface area contributed by atoms with E-state index in [1.54, 1.807) is 0 Å². The van der Waals surface area contributed by atoms with Crippen LogP contribution in [-0.2, 0) is 6.18 Å². The summed E-state index contributed by atoms with van der Waals surface area (Å²) in [6.07, 6.45) is -4.43. The third kappa shape index (κ3) is 1.67. The van der Waals surface area contributed by atoms with Crippen molar-refractivity contribution in [3.63, 3.8) is 0 Å². The number of rotatable bonds is 0. The lowest BCUT2D eigenvalue weighted by molar-refractivity contribution is -0.140. The van der Waals surface area contributed by atoms with E-state index in [2.05, 4.69) is 9.97 Å². The fraction of sp³-hybridized carbons (Fsp3) is 0.143. The number of aromatic nitrogens is 2. The maximum Gasteiger partial charge on any atom is 0.433 e. The lowest BCUT2D eigenvalue weighted by atomic mass is 10.3. The van der Waals surface area contributed by atoms with Gasteiger partial charge in [0.15, 0.2) is 4.47 Å². The van der Waals surface area contributed by atoms with Crippen LogP contribution in [0.5, 0.6) is 0 Å². The molecule has 0 aromatic carbocycles. The van der Waals surface area contributed by atoms with Crippen LogP contribution in [0.25, 0.3) is 10.3 Å². The van der Waals surface area contributed by atoms with Crippen molar-refractivity contribution >= 4 is 33.3 Å². The van der Waals surface area contributed by atoms with E-state index < -0.39 is 11.9 Å². The number of halogens is 4. The fourth-order valence-corrected chi connectivity index (χ4v) is 1.92. The van der Waals surface area contributed by atoms with Crippen molar-refractivity contribution in [3.8, 4) is 0 Å². The highest BCUT2D eigenvalue weighted by Gasteiger charge is 2.32. The molecule has 2 aromatic heterocycles. The third-order valence-electron chi connectivity index (χ3n) is 1.52. The lowest BCUT2D eigenvalue weighted by Crippen LogP contribution is -2.06. The SMILES string of the molecule is FC(F)(F)c1ccc2nc(Cl)sc2n1. The molecule has 0 radical (unpaired) electrons. The smallest absolute Gasteiger partial charge is 0.231 e. The highest BCUT2D eigenvalue weighted by atomic mass is 35.5. The zero-order valence-electron chi connectivity index (χ0n) is 6.47. The normalized spacial score (nSPS) is 12.3. The molecule has 2 aromatic rings. The van der Waals surface area contributed by atoms with E-state index in [0.29, 0.717) is 5.52 Å². The molecule has 0 saturated heterocycles. The molecule has 14 heavy (non-hydrogen) atoms. The van der Waals surface area contributed by atoms with Crippen molar-refractivity contribution in [2.45, 2.75) is 6.18 Å². The maximum atomic E-state index is 12.2. The number of thiazole rings is 1. The Morgan fingerprint density at radius 2 is 1.93 bits per heavy atom. The molecule has 0 amide bonds. The Hall–Kier alpha value is -0.880. The van der Waals surface area contributed by atoms with Gasteiger partial charge in [-0.25, -0.2) is 9.97 Å². The summed E-state index contributed by atoms with van der Waals surface area (Å²) in [5.41, 5.74) is -0.543. The number of hydrogen-bond donors (Lipinski definition) is 0. The monoisotopic (exact) mass is 238 g/mol. The van der Waals surface area contributed by atoms with E-state index in [4.69, 9.17) is 11.6 Å². The summed E-state index contributed by atoms with van der Waals surface area (Å²) in [6, 6.07) is 2.14. The quantitative estimate of drug-likeness (QED) is 0.703. The Balaban J connectivity index is 2.62. The minimum atomic E-state index is -4.43. The first-order chi connectivity index (χ1) is 6.47. The van der Waals surface area contributed by atoms with Crippen LogP contribution in [-0.4, -0.2) is 9.97 Å². The lowest BCUT2D eigenvalue weighted by Gasteiger charge is -2.03. The van der Waals surface area contributed by atoms with Crippen molar-refractivity contribution in [2.75, 3.05) is 0 Å². The van der Waals surface area contributed by atoms with Crippen LogP contribution in [0.2, 0.25) is 4.47 Å². The summed E-state index contributed by atoms with van der Waals surface area (Å²) in [4.78, 5) is 7.40. The van der Waals surface area contributed by atoms with Gasteiger partial charge < -0.3 is 0 Å². The molecule has 2 heterocycles. The second kappa shape index (κ2) is 3.06. The Labute approximate surface area is 85.4 Å². The number of pyridine rings is 1. The largest absolute Gasteiger partial charge is 0.433 e. The second-order valence-corrected chi connectivity index (χ2v) is 4.04.